The molecule has 0 radical (unpaired) electrons. The smallest absolute Gasteiger partial charge is 0.295 e. The quantitative estimate of drug-likeness (QED) is 0.672. The van der Waals surface area contributed by atoms with Crippen molar-refractivity contribution >= 4 is 11.4 Å². The first-order valence-corrected chi connectivity index (χ1v) is 4.98. The van der Waals surface area contributed by atoms with Crippen molar-refractivity contribution in [2.45, 2.75) is 6.54 Å². The van der Waals surface area contributed by atoms with Crippen LogP contribution in [-0.2, 0) is 6.54 Å². The molecule has 1 aromatic heterocycles. The monoisotopic (exact) mass is 254 g/mol. The second kappa shape index (κ2) is 4.82. The van der Waals surface area contributed by atoms with E-state index in [9.17, 15) is 18.9 Å². The van der Waals surface area contributed by atoms with Gasteiger partial charge in [-0.15, -0.1) is 0 Å². The van der Waals surface area contributed by atoms with Crippen LogP contribution in [0.5, 0.6) is 0 Å². The Morgan fingerprint density at radius 3 is 2.72 bits per heavy atom. The van der Waals surface area contributed by atoms with E-state index in [1.165, 1.54) is 6.26 Å². The molecule has 0 atom stereocenters. The van der Waals surface area contributed by atoms with E-state index in [2.05, 4.69) is 5.32 Å². The van der Waals surface area contributed by atoms with Crippen molar-refractivity contribution in [3.63, 3.8) is 0 Å². The fourth-order valence-corrected chi connectivity index (χ4v) is 1.45. The summed E-state index contributed by atoms with van der Waals surface area (Å²) in [6.07, 6.45) is 1.41. The molecule has 1 heterocycles. The molecule has 1 N–H and O–H groups in total. The molecule has 2 aromatic rings. The topological polar surface area (TPSA) is 68.3 Å². The first-order valence-electron chi connectivity index (χ1n) is 4.98. The van der Waals surface area contributed by atoms with E-state index >= 15 is 0 Å². The van der Waals surface area contributed by atoms with E-state index in [4.69, 9.17) is 4.42 Å². The van der Waals surface area contributed by atoms with E-state index in [1.54, 1.807) is 12.1 Å². The molecule has 0 aliphatic rings. The molecule has 0 bridgehead atoms. The second-order valence-electron chi connectivity index (χ2n) is 3.45. The summed E-state index contributed by atoms with van der Waals surface area (Å²) in [5, 5.41) is 13.2. The van der Waals surface area contributed by atoms with E-state index in [0.29, 0.717) is 11.8 Å². The molecular formula is C11H8F2N2O3. The Morgan fingerprint density at radius 1 is 1.33 bits per heavy atom. The summed E-state index contributed by atoms with van der Waals surface area (Å²) in [6.45, 7) is 0.0220. The summed E-state index contributed by atoms with van der Waals surface area (Å²) in [5.74, 6) is -1.98. The predicted molar refractivity (Wildman–Crippen MR) is 59.0 cm³/mol. The van der Waals surface area contributed by atoms with Gasteiger partial charge in [0.15, 0.2) is 17.3 Å². The summed E-state index contributed by atoms with van der Waals surface area (Å²) >= 11 is 0. The highest BCUT2D eigenvalue weighted by Gasteiger charge is 2.21. The lowest BCUT2D eigenvalue weighted by Crippen LogP contribution is -2.05. The molecule has 94 valence electrons. The van der Waals surface area contributed by atoms with Gasteiger partial charge < -0.3 is 9.73 Å². The van der Waals surface area contributed by atoms with E-state index in [1.807, 2.05) is 0 Å². The molecular weight excluding hydrogens is 246 g/mol. The fourth-order valence-electron chi connectivity index (χ4n) is 1.45. The number of rotatable bonds is 4. The van der Waals surface area contributed by atoms with Crippen LogP contribution in [0.3, 0.4) is 0 Å². The number of nitrogens with one attached hydrogen (secondary N) is 1. The first-order chi connectivity index (χ1) is 8.59. The molecule has 0 unspecified atom stereocenters. The van der Waals surface area contributed by atoms with Crippen LogP contribution < -0.4 is 5.32 Å². The number of hydrogen-bond donors (Lipinski definition) is 1. The molecule has 0 spiro atoms. The molecule has 0 saturated carbocycles. The van der Waals surface area contributed by atoms with Gasteiger partial charge in [0.05, 0.1) is 17.7 Å². The number of anilines is 1. The van der Waals surface area contributed by atoms with Crippen molar-refractivity contribution < 1.29 is 18.1 Å². The Labute approximate surface area is 100 Å². The van der Waals surface area contributed by atoms with Crippen LogP contribution in [-0.4, -0.2) is 4.92 Å². The van der Waals surface area contributed by atoms with Crippen molar-refractivity contribution in [3.8, 4) is 0 Å². The average molecular weight is 254 g/mol. The first kappa shape index (κ1) is 12.0. The molecule has 1 aromatic carbocycles. The zero-order valence-corrected chi connectivity index (χ0v) is 9.02. The number of nitrogens with zero attached hydrogens (tertiary/aromatic N) is 1. The van der Waals surface area contributed by atoms with Gasteiger partial charge in [0.2, 0.25) is 0 Å². The predicted octanol–water partition coefficient (Wildman–Crippen LogP) is 3.08. The zero-order chi connectivity index (χ0) is 13.1. The molecule has 7 heteroatoms. The standard InChI is InChI=1S/C11H8F2N2O3/c12-8-3-4-9(15(16)17)11(10(8)13)14-6-7-2-1-5-18-7/h1-5,14H,6H2. The van der Waals surface area contributed by atoms with Crippen molar-refractivity contribution in [1.82, 2.24) is 0 Å². The Kier molecular flexibility index (Phi) is 3.22. The number of halogens is 2. The summed E-state index contributed by atoms with van der Waals surface area (Å²) in [4.78, 5) is 9.91. The average Bonchev–Trinajstić information content (AvgIpc) is 2.83. The zero-order valence-electron chi connectivity index (χ0n) is 9.02. The van der Waals surface area contributed by atoms with Crippen LogP contribution in [0.15, 0.2) is 34.9 Å². The van der Waals surface area contributed by atoms with Gasteiger partial charge in [0.1, 0.15) is 5.76 Å². The van der Waals surface area contributed by atoms with Crippen LogP contribution in [0.2, 0.25) is 0 Å². The van der Waals surface area contributed by atoms with Crippen LogP contribution in [0.1, 0.15) is 5.76 Å². The summed E-state index contributed by atoms with van der Waals surface area (Å²) in [5.41, 5.74) is -1.02. The van der Waals surface area contributed by atoms with Crippen LogP contribution in [0, 0.1) is 21.7 Å². The maximum Gasteiger partial charge on any atom is 0.295 e. The Morgan fingerprint density at radius 2 is 2.11 bits per heavy atom. The maximum absolute atomic E-state index is 13.5. The molecule has 18 heavy (non-hydrogen) atoms. The van der Waals surface area contributed by atoms with Crippen LogP contribution in [0.4, 0.5) is 20.2 Å². The lowest BCUT2D eigenvalue weighted by atomic mass is 10.2. The third-order valence-electron chi connectivity index (χ3n) is 2.29. The van der Waals surface area contributed by atoms with E-state index < -0.39 is 27.9 Å². The highest BCUT2D eigenvalue weighted by molar-refractivity contribution is 5.62. The fraction of sp³-hybridized carbons (Fsp3) is 0.0909. The van der Waals surface area contributed by atoms with Crippen LogP contribution >= 0.6 is 0 Å². The Hall–Kier alpha value is -2.44. The minimum atomic E-state index is -1.28. The number of hydrogen-bond acceptors (Lipinski definition) is 4. The van der Waals surface area contributed by atoms with E-state index in [-0.39, 0.29) is 6.54 Å². The molecule has 5 nitrogen and oxygen atoms in total. The lowest BCUT2D eigenvalue weighted by molar-refractivity contribution is -0.384. The molecule has 0 saturated heterocycles. The number of furan rings is 1. The van der Waals surface area contributed by atoms with Gasteiger partial charge in [-0.2, -0.15) is 0 Å². The van der Waals surface area contributed by atoms with E-state index in [0.717, 1.165) is 6.07 Å². The van der Waals surface area contributed by atoms with Crippen molar-refractivity contribution in [1.29, 1.82) is 0 Å². The molecule has 2 rings (SSSR count). The number of nitro groups is 1. The SMILES string of the molecule is O=[N+]([O-])c1ccc(F)c(F)c1NCc1ccco1. The second-order valence-corrected chi connectivity index (χ2v) is 3.45. The summed E-state index contributed by atoms with van der Waals surface area (Å²) < 4.78 is 31.5. The lowest BCUT2D eigenvalue weighted by Gasteiger charge is -2.07. The third kappa shape index (κ3) is 2.29. The van der Waals surface area contributed by atoms with Gasteiger partial charge in [-0.25, -0.2) is 8.78 Å². The molecule has 0 aliphatic carbocycles. The largest absolute Gasteiger partial charge is 0.467 e. The van der Waals surface area contributed by atoms with Crippen LogP contribution in [0.25, 0.3) is 0 Å². The van der Waals surface area contributed by atoms with Gasteiger partial charge in [-0.3, -0.25) is 10.1 Å². The maximum atomic E-state index is 13.5. The van der Waals surface area contributed by atoms with Gasteiger partial charge in [0, 0.05) is 6.07 Å². The van der Waals surface area contributed by atoms with Crippen molar-refractivity contribution in [3.05, 3.63) is 58.0 Å². The molecule has 0 aliphatic heterocycles. The third-order valence-corrected chi connectivity index (χ3v) is 2.29. The van der Waals surface area contributed by atoms with Gasteiger partial charge in [-0.05, 0) is 18.2 Å². The number of nitro benzene ring substituents is 1. The minimum absolute atomic E-state index is 0.0220. The number of benzene rings is 1. The minimum Gasteiger partial charge on any atom is -0.467 e. The van der Waals surface area contributed by atoms with Crippen molar-refractivity contribution in [2.24, 2.45) is 0 Å². The molecule has 0 amide bonds. The van der Waals surface area contributed by atoms with Gasteiger partial charge in [0.25, 0.3) is 5.69 Å². The highest BCUT2D eigenvalue weighted by Crippen LogP contribution is 2.29. The summed E-state index contributed by atoms with van der Waals surface area (Å²) in [6, 6.07) is 4.85. The Balaban J connectivity index is 2.30. The molecule has 0 fully saturated rings. The Bertz CT molecular complexity index is 570. The van der Waals surface area contributed by atoms with Crippen molar-refractivity contribution in [2.75, 3.05) is 5.32 Å². The summed E-state index contributed by atoms with van der Waals surface area (Å²) in [7, 11) is 0. The normalized spacial score (nSPS) is 10.3. The van der Waals surface area contributed by atoms with Gasteiger partial charge in [-0.1, -0.05) is 0 Å². The highest BCUT2D eigenvalue weighted by atomic mass is 19.2. The van der Waals surface area contributed by atoms with Gasteiger partial charge >= 0.3 is 0 Å².